The van der Waals surface area contributed by atoms with E-state index in [1.807, 2.05) is 33.8 Å². The Kier molecular flexibility index (Phi) is 2.93. The average Bonchev–Trinajstić information content (AvgIpc) is 2.29. The molecule has 0 saturated carbocycles. The molecule has 78 valence electrons. The lowest BCUT2D eigenvalue weighted by Gasteiger charge is -2.18. The topological polar surface area (TPSA) is 55.1 Å². The molecule has 4 nitrogen and oxygen atoms in total. The van der Waals surface area contributed by atoms with E-state index in [1.54, 1.807) is 4.68 Å². The minimum Gasteiger partial charge on any atom is -0.480 e. The standard InChI is InChI=1S/C10H16N2O2/c1-6(2)9(10(13)14)12-8(4)5-7(3)11-12/h5-6,9H,1-4H3,(H,13,14)/t9-/m1/s1. The molecule has 0 aliphatic carbocycles. The lowest BCUT2D eigenvalue weighted by atomic mass is 10.1. The highest BCUT2D eigenvalue weighted by atomic mass is 16.4. The molecule has 1 atom stereocenters. The highest BCUT2D eigenvalue weighted by Gasteiger charge is 2.25. The monoisotopic (exact) mass is 196 g/mol. The highest BCUT2D eigenvalue weighted by Crippen LogP contribution is 2.19. The van der Waals surface area contributed by atoms with Crippen LogP contribution < -0.4 is 0 Å². The molecule has 0 aromatic carbocycles. The fraction of sp³-hybridized carbons (Fsp3) is 0.600. The first-order chi connectivity index (χ1) is 6.43. The zero-order chi connectivity index (χ0) is 10.9. The van der Waals surface area contributed by atoms with Crippen molar-refractivity contribution in [1.82, 2.24) is 9.78 Å². The van der Waals surface area contributed by atoms with Crippen LogP contribution >= 0.6 is 0 Å². The van der Waals surface area contributed by atoms with Crippen molar-refractivity contribution >= 4 is 5.97 Å². The number of rotatable bonds is 3. The van der Waals surface area contributed by atoms with Crippen molar-refractivity contribution in [3.63, 3.8) is 0 Å². The Morgan fingerprint density at radius 2 is 2.07 bits per heavy atom. The van der Waals surface area contributed by atoms with Gasteiger partial charge in [-0.15, -0.1) is 0 Å². The normalized spacial score (nSPS) is 13.2. The van der Waals surface area contributed by atoms with Crippen LogP contribution in [0.5, 0.6) is 0 Å². The maximum absolute atomic E-state index is 11.0. The SMILES string of the molecule is Cc1cc(C)n([C@@H](C(=O)O)C(C)C)n1. The molecule has 0 fully saturated rings. The molecule has 1 rings (SSSR count). The van der Waals surface area contributed by atoms with E-state index in [0.717, 1.165) is 11.4 Å². The molecule has 0 unspecified atom stereocenters. The van der Waals surface area contributed by atoms with Gasteiger partial charge in [0.15, 0.2) is 6.04 Å². The largest absolute Gasteiger partial charge is 0.480 e. The molecule has 4 heteroatoms. The summed E-state index contributed by atoms with van der Waals surface area (Å²) in [6, 6.07) is 1.32. The van der Waals surface area contributed by atoms with Crippen molar-refractivity contribution in [3.8, 4) is 0 Å². The smallest absolute Gasteiger partial charge is 0.328 e. The van der Waals surface area contributed by atoms with Gasteiger partial charge in [0.25, 0.3) is 0 Å². The van der Waals surface area contributed by atoms with Crippen LogP contribution in [0.4, 0.5) is 0 Å². The van der Waals surface area contributed by atoms with Crippen molar-refractivity contribution < 1.29 is 9.90 Å². The molecule has 0 spiro atoms. The summed E-state index contributed by atoms with van der Waals surface area (Å²) in [4.78, 5) is 11.0. The number of aryl methyl sites for hydroxylation is 2. The van der Waals surface area contributed by atoms with Crippen LogP contribution in [0.25, 0.3) is 0 Å². The van der Waals surface area contributed by atoms with Gasteiger partial charge in [-0.05, 0) is 25.8 Å². The lowest BCUT2D eigenvalue weighted by Crippen LogP contribution is -2.26. The van der Waals surface area contributed by atoms with Gasteiger partial charge < -0.3 is 5.11 Å². The number of hydrogen-bond donors (Lipinski definition) is 1. The van der Waals surface area contributed by atoms with Gasteiger partial charge in [0, 0.05) is 5.69 Å². The van der Waals surface area contributed by atoms with Crippen molar-refractivity contribution in [2.24, 2.45) is 5.92 Å². The molecule has 14 heavy (non-hydrogen) atoms. The number of aliphatic carboxylic acids is 1. The van der Waals surface area contributed by atoms with Crippen molar-refractivity contribution in [2.75, 3.05) is 0 Å². The third-order valence-corrected chi connectivity index (χ3v) is 2.19. The number of carboxylic acid groups (broad SMARTS) is 1. The van der Waals surface area contributed by atoms with Crippen molar-refractivity contribution in [3.05, 3.63) is 17.5 Å². The Labute approximate surface area is 83.5 Å². The minimum absolute atomic E-state index is 0.0329. The molecule has 1 heterocycles. The molecular weight excluding hydrogens is 180 g/mol. The molecular formula is C10H16N2O2. The zero-order valence-electron chi connectivity index (χ0n) is 8.98. The second-order valence-electron chi connectivity index (χ2n) is 3.90. The van der Waals surface area contributed by atoms with Crippen LogP contribution in [-0.2, 0) is 4.79 Å². The molecule has 0 saturated heterocycles. The Morgan fingerprint density at radius 3 is 2.36 bits per heavy atom. The van der Waals surface area contributed by atoms with E-state index < -0.39 is 12.0 Å². The first kappa shape index (κ1) is 10.8. The van der Waals surface area contributed by atoms with Crippen molar-refractivity contribution in [2.45, 2.75) is 33.7 Å². The first-order valence-corrected chi connectivity index (χ1v) is 4.69. The molecule has 0 amide bonds. The molecule has 1 aromatic heterocycles. The van der Waals surface area contributed by atoms with E-state index in [1.165, 1.54) is 0 Å². The molecule has 0 radical (unpaired) electrons. The fourth-order valence-corrected chi connectivity index (χ4v) is 1.60. The van der Waals surface area contributed by atoms with E-state index in [2.05, 4.69) is 5.10 Å². The third-order valence-electron chi connectivity index (χ3n) is 2.19. The maximum atomic E-state index is 11.0. The average molecular weight is 196 g/mol. The predicted molar refractivity (Wildman–Crippen MR) is 53.2 cm³/mol. The maximum Gasteiger partial charge on any atom is 0.328 e. The van der Waals surface area contributed by atoms with Gasteiger partial charge in [-0.3, -0.25) is 4.68 Å². The molecule has 0 aliphatic heterocycles. The van der Waals surface area contributed by atoms with Gasteiger partial charge >= 0.3 is 5.97 Å². The Morgan fingerprint density at radius 1 is 1.50 bits per heavy atom. The number of carboxylic acids is 1. The van der Waals surface area contributed by atoms with Crippen LogP contribution in [0.2, 0.25) is 0 Å². The predicted octanol–water partition coefficient (Wildman–Crippen LogP) is 1.78. The molecule has 1 N–H and O–H groups in total. The van der Waals surface area contributed by atoms with Crippen molar-refractivity contribution in [1.29, 1.82) is 0 Å². The van der Waals surface area contributed by atoms with Gasteiger partial charge in [0.2, 0.25) is 0 Å². The van der Waals surface area contributed by atoms with Gasteiger partial charge in [-0.1, -0.05) is 13.8 Å². The van der Waals surface area contributed by atoms with Crippen LogP contribution in [0, 0.1) is 19.8 Å². The van der Waals surface area contributed by atoms with Gasteiger partial charge in [-0.2, -0.15) is 5.10 Å². The summed E-state index contributed by atoms with van der Waals surface area (Å²) in [6.45, 7) is 7.51. The quantitative estimate of drug-likeness (QED) is 0.801. The van der Waals surface area contributed by atoms with E-state index >= 15 is 0 Å². The van der Waals surface area contributed by atoms with Crippen LogP contribution in [0.3, 0.4) is 0 Å². The summed E-state index contributed by atoms with van der Waals surface area (Å²) < 4.78 is 1.59. The molecule has 1 aromatic rings. The summed E-state index contributed by atoms with van der Waals surface area (Å²) in [5.41, 5.74) is 1.75. The van der Waals surface area contributed by atoms with Crippen LogP contribution in [0.1, 0.15) is 31.3 Å². The Bertz CT molecular complexity index is 342. The number of aromatic nitrogens is 2. The summed E-state index contributed by atoms with van der Waals surface area (Å²) in [5.74, 6) is -0.795. The first-order valence-electron chi connectivity index (χ1n) is 4.69. The van der Waals surface area contributed by atoms with E-state index in [4.69, 9.17) is 5.11 Å². The van der Waals surface area contributed by atoms with Gasteiger partial charge in [-0.25, -0.2) is 4.79 Å². The second-order valence-corrected chi connectivity index (χ2v) is 3.90. The fourth-order valence-electron chi connectivity index (χ4n) is 1.60. The summed E-state index contributed by atoms with van der Waals surface area (Å²) in [7, 11) is 0. The molecule has 0 aliphatic rings. The zero-order valence-corrected chi connectivity index (χ0v) is 8.98. The van der Waals surface area contributed by atoms with Crippen LogP contribution in [-0.4, -0.2) is 20.9 Å². The van der Waals surface area contributed by atoms with Gasteiger partial charge in [0.05, 0.1) is 5.69 Å². The number of carbonyl (C=O) groups is 1. The second kappa shape index (κ2) is 3.82. The lowest BCUT2D eigenvalue weighted by molar-refractivity contribution is -0.142. The Balaban J connectivity index is 3.11. The summed E-state index contributed by atoms with van der Waals surface area (Å²) >= 11 is 0. The van der Waals surface area contributed by atoms with E-state index in [9.17, 15) is 4.79 Å². The third kappa shape index (κ3) is 1.95. The summed E-state index contributed by atoms with van der Waals surface area (Å²) in [5, 5.41) is 13.3. The molecule has 0 bridgehead atoms. The van der Waals surface area contributed by atoms with E-state index in [0.29, 0.717) is 0 Å². The number of nitrogens with zero attached hydrogens (tertiary/aromatic N) is 2. The van der Waals surface area contributed by atoms with E-state index in [-0.39, 0.29) is 5.92 Å². The van der Waals surface area contributed by atoms with Gasteiger partial charge in [0.1, 0.15) is 0 Å². The Hall–Kier alpha value is -1.32. The number of hydrogen-bond acceptors (Lipinski definition) is 2. The highest BCUT2D eigenvalue weighted by molar-refractivity contribution is 5.72. The van der Waals surface area contributed by atoms with Crippen LogP contribution in [0.15, 0.2) is 6.07 Å². The summed E-state index contributed by atoms with van der Waals surface area (Å²) in [6.07, 6.45) is 0. The minimum atomic E-state index is -0.828.